The van der Waals surface area contributed by atoms with Crippen molar-refractivity contribution in [2.75, 3.05) is 18.0 Å². The molecule has 0 radical (unpaired) electrons. The van der Waals surface area contributed by atoms with Gasteiger partial charge < -0.3 is 11.1 Å². The molecule has 0 aliphatic heterocycles. The van der Waals surface area contributed by atoms with E-state index in [1.165, 1.54) is 0 Å². The minimum absolute atomic E-state index is 0.344. The first-order valence-electron chi connectivity index (χ1n) is 5.47. The summed E-state index contributed by atoms with van der Waals surface area (Å²) in [5, 5.41) is 2.08. The van der Waals surface area contributed by atoms with Gasteiger partial charge in [0.1, 0.15) is 0 Å². The third-order valence-corrected chi connectivity index (χ3v) is 3.05. The summed E-state index contributed by atoms with van der Waals surface area (Å²) >= 11 is -0.344. The first-order valence-corrected chi connectivity index (χ1v) is 6.45. The highest BCUT2D eigenvalue weighted by molar-refractivity contribution is 8.00. The van der Waals surface area contributed by atoms with E-state index in [1.54, 1.807) is 0 Å². The number of halogens is 6. The summed E-state index contributed by atoms with van der Waals surface area (Å²) in [4.78, 5) is 11.6. The zero-order chi connectivity index (χ0) is 16.3. The third kappa shape index (κ3) is 5.37. The summed E-state index contributed by atoms with van der Waals surface area (Å²) in [5.74, 6) is -1.41. The number of rotatable bonds is 4. The van der Waals surface area contributed by atoms with Crippen molar-refractivity contribution in [3.8, 4) is 0 Å². The number of benzene rings is 1. The lowest BCUT2D eigenvalue weighted by atomic mass is 10.1. The predicted octanol–water partition coefficient (Wildman–Crippen LogP) is 3.27. The van der Waals surface area contributed by atoms with Crippen molar-refractivity contribution in [2.24, 2.45) is 0 Å². The number of nitrogens with two attached hydrogens (primary N) is 1. The molecule has 0 heterocycles. The van der Waals surface area contributed by atoms with Crippen molar-refractivity contribution in [2.45, 2.75) is 11.7 Å². The second-order valence-corrected chi connectivity index (χ2v) is 4.97. The van der Waals surface area contributed by atoms with Gasteiger partial charge in [-0.15, -0.1) is 0 Å². The number of nitrogen functional groups attached to an aromatic ring is 1. The maximum Gasteiger partial charge on any atom is 0.441 e. The smallest absolute Gasteiger partial charge is 0.398 e. The summed E-state index contributed by atoms with van der Waals surface area (Å²) in [6.07, 6.45) is -4.72. The highest BCUT2D eigenvalue weighted by Crippen LogP contribution is 2.35. The summed E-state index contributed by atoms with van der Waals surface area (Å²) < 4.78 is 73.3. The summed E-state index contributed by atoms with van der Waals surface area (Å²) in [7, 11) is 0. The van der Waals surface area contributed by atoms with Gasteiger partial charge in [0.25, 0.3) is 5.91 Å². The maximum atomic E-state index is 12.6. The number of hydrogen-bond acceptors (Lipinski definition) is 3. The topological polar surface area (TPSA) is 55.1 Å². The second-order valence-electron chi connectivity index (χ2n) is 3.81. The highest BCUT2D eigenvalue weighted by Gasteiger charge is 2.34. The van der Waals surface area contributed by atoms with Gasteiger partial charge in [0.2, 0.25) is 0 Å². The van der Waals surface area contributed by atoms with Crippen LogP contribution in [0.25, 0.3) is 0 Å². The molecule has 0 atom stereocenters. The Balaban J connectivity index is 2.71. The van der Waals surface area contributed by atoms with Crippen molar-refractivity contribution in [3.05, 3.63) is 29.3 Å². The lowest BCUT2D eigenvalue weighted by Gasteiger charge is -2.13. The van der Waals surface area contributed by atoms with E-state index in [4.69, 9.17) is 5.73 Å². The Morgan fingerprint density at radius 3 is 2.33 bits per heavy atom. The van der Waals surface area contributed by atoms with Crippen LogP contribution < -0.4 is 11.1 Å². The van der Waals surface area contributed by atoms with Crippen LogP contribution in [-0.4, -0.2) is 23.7 Å². The standard InChI is InChI=1S/C11H10F6N2OS/c12-10(13,14)7-3-1-2-6(8(7)18)9(20)19-4-5-21-11(15,16)17/h1-3H,4-5,18H2,(H,19,20). The van der Waals surface area contributed by atoms with E-state index >= 15 is 0 Å². The number of para-hydroxylation sites is 1. The Labute approximate surface area is 119 Å². The van der Waals surface area contributed by atoms with E-state index in [1.807, 2.05) is 0 Å². The van der Waals surface area contributed by atoms with E-state index in [0.717, 1.165) is 12.1 Å². The van der Waals surface area contributed by atoms with Gasteiger partial charge in [-0.25, -0.2) is 0 Å². The van der Waals surface area contributed by atoms with Crippen LogP contribution in [0.15, 0.2) is 18.2 Å². The zero-order valence-corrected chi connectivity index (χ0v) is 11.1. The van der Waals surface area contributed by atoms with Crippen molar-refractivity contribution < 1.29 is 31.1 Å². The quantitative estimate of drug-likeness (QED) is 0.505. The number of alkyl halides is 6. The van der Waals surface area contributed by atoms with Crippen molar-refractivity contribution >= 4 is 23.4 Å². The van der Waals surface area contributed by atoms with Gasteiger partial charge in [-0.1, -0.05) is 6.07 Å². The molecule has 0 aliphatic rings. The molecular formula is C11H10F6N2OS. The molecule has 3 N–H and O–H groups in total. The molecule has 0 unspecified atom stereocenters. The minimum Gasteiger partial charge on any atom is -0.398 e. The number of thioether (sulfide) groups is 1. The van der Waals surface area contributed by atoms with Crippen molar-refractivity contribution in [1.82, 2.24) is 5.32 Å². The van der Waals surface area contributed by atoms with Gasteiger partial charge in [0.15, 0.2) is 0 Å². The number of hydrogen-bond donors (Lipinski definition) is 2. The largest absolute Gasteiger partial charge is 0.441 e. The molecule has 10 heteroatoms. The van der Waals surface area contributed by atoms with E-state index in [-0.39, 0.29) is 18.3 Å². The third-order valence-electron chi connectivity index (χ3n) is 2.31. The Bertz CT molecular complexity index is 514. The molecule has 21 heavy (non-hydrogen) atoms. The molecule has 0 saturated heterocycles. The Morgan fingerprint density at radius 2 is 1.81 bits per heavy atom. The van der Waals surface area contributed by atoms with Crippen molar-refractivity contribution in [3.63, 3.8) is 0 Å². The van der Waals surface area contributed by atoms with Crippen LogP contribution in [-0.2, 0) is 6.18 Å². The molecule has 0 spiro atoms. The average molecular weight is 332 g/mol. The summed E-state index contributed by atoms with van der Waals surface area (Å²) in [5.41, 5.74) is -1.51. The molecule has 0 aliphatic carbocycles. The lowest BCUT2D eigenvalue weighted by Crippen LogP contribution is -2.28. The molecular weight excluding hydrogens is 322 g/mol. The fraction of sp³-hybridized carbons (Fsp3) is 0.364. The van der Waals surface area contributed by atoms with Gasteiger partial charge in [0.05, 0.1) is 16.8 Å². The molecule has 3 nitrogen and oxygen atoms in total. The molecule has 1 amide bonds. The van der Waals surface area contributed by atoms with Gasteiger partial charge in [-0.05, 0) is 23.9 Å². The van der Waals surface area contributed by atoms with E-state index in [2.05, 4.69) is 5.32 Å². The number of amides is 1. The van der Waals surface area contributed by atoms with Gasteiger partial charge >= 0.3 is 11.7 Å². The predicted molar refractivity (Wildman–Crippen MR) is 66.7 cm³/mol. The minimum atomic E-state index is -4.72. The highest BCUT2D eigenvalue weighted by atomic mass is 32.2. The van der Waals surface area contributed by atoms with Crippen LogP contribution in [0.4, 0.5) is 32.0 Å². The monoisotopic (exact) mass is 332 g/mol. The molecule has 0 fully saturated rings. The van der Waals surface area contributed by atoms with Gasteiger partial charge in [-0.2, -0.15) is 26.3 Å². The molecule has 1 rings (SSSR count). The summed E-state index contributed by atoms with van der Waals surface area (Å²) in [6.45, 7) is -0.349. The normalized spacial score (nSPS) is 12.3. The number of carbonyl (C=O) groups excluding carboxylic acids is 1. The van der Waals surface area contributed by atoms with Crippen LogP contribution in [0.2, 0.25) is 0 Å². The van der Waals surface area contributed by atoms with Crippen LogP contribution in [0.1, 0.15) is 15.9 Å². The molecule has 0 bridgehead atoms. The zero-order valence-electron chi connectivity index (χ0n) is 10.3. The van der Waals surface area contributed by atoms with E-state index in [0.29, 0.717) is 6.07 Å². The second kappa shape index (κ2) is 6.46. The Kier molecular flexibility index (Phi) is 5.37. The number of anilines is 1. The number of carbonyl (C=O) groups is 1. The number of nitrogens with one attached hydrogen (secondary N) is 1. The van der Waals surface area contributed by atoms with Gasteiger partial charge in [-0.3, -0.25) is 4.79 Å². The Hall–Kier alpha value is -1.58. The van der Waals surface area contributed by atoms with Gasteiger partial charge in [0, 0.05) is 12.3 Å². The average Bonchev–Trinajstić information content (AvgIpc) is 2.32. The lowest BCUT2D eigenvalue weighted by molar-refractivity contribution is -0.136. The van der Waals surface area contributed by atoms with Crippen LogP contribution in [0.5, 0.6) is 0 Å². The van der Waals surface area contributed by atoms with E-state index < -0.39 is 40.2 Å². The SMILES string of the molecule is Nc1c(C(=O)NCCSC(F)(F)F)cccc1C(F)(F)F. The van der Waals surface area contributed by atoms with E-state index in [9.17, 15) is 31.1 Å². The molecule has 0 saturated carbocycles. The molecule has 1 aromatic rings. The molecule has 118 valence electrons. The first kappa shape index (κ1) is 17.5. The molecule has 1 aromatic carbocycles. The fourth-order valence-corrected chi connectivity index (χ4v) is 1.87. The van der Waals surface area contributed by atoms with Crippen LogP contribution in [0, 0.1) is 0 Å². The van der Waals surface area contributed by atoms with Crippen LogP contribution in [0.3, 0.4) is 0 Å². The Morgan fingerprint density at radius 1 is 1.19 bits per heavy atom. The fourth-order valence-electron chi connectivity index (χ4n) is 1.44. The summed E-state index contributed by atoms with van der Waals surface area (Å²) in [6, 6.07) is 2.78. The van der Waals surface area contributed by atoms with Crippen LogP contribution >= 0.6 is 11.8 Å². The maximum absolute atomic E-state index is 12.6. The van der Waals surface area contributed by atoms with Crippen molar-refractivity contribution in [1.29, 1.82) is 0 Å². The molecule has 0 aromatic heterocycles. The first-order chi connectivity index (χ1) is 9.52.